The lowest BCUT2D eigenvalue weighted by atomic mass is 10.1. The van der Waals surface area contributed by atoms with Crippen molar-refractivity contribution in [2.75, 3.05) is 5.32 Å². The largest absolute Gasteiger partial charge is 0.506 e. The molecule has 2 rings (SSSR count). The third-order valence-electron chi connectivity index (χ3n) is 2.49. The summed E-state index contributed by atoms with van der Waals surface area (Å²) in [5, 5.41) is 12.0. The molecule has 18 heavy (non-hydrogen) atoms. The summed E-state index contributed by atoms with van der Waals surface area (Å²) in [6.45, 7) is 0. The lowest BCUT2D eigenvalue weighted by Crippen LogP contribution is -2.15. The maximum Gasteiger partial charge on any atom is 0.229 e. The lowest BCUT2D eigenvalue weighted by molar-refractivity contribution is -0.115. The first-order chi connectivity index (χ1) is 8.66. The average molecular weight is 245 g/mol. The number of aromatic hydroxyl groups is 1. The molecule has 1 amide bonds. The number of rotatable bonds is 3. The van der Waals surface area contributed by atoms with Crippen LogP contribution in [0, 0.1) is 5.82 Å². The molecule has 0 radical (unpaired) electrons. The molecule has 0 aromatic heterocycles. The number of anilines is 1. The molecule has 0 saturated heterocycles. The van der Waals surface area contributed by atoms with Gasteiger partial charge in [-0.15, -0.1) is 0 Å². The smallest absolute Gasteiger partial charge is 0.229 e. The molecule has 0 saturated carbocycles. The number of para-hydroxylation sites is 2. The van der Waals surface area contributed by atoms with E-state index in [0.29, 0.717) is 11.3 Å². The molecule has 0 spiro atoms. The number of hydrogen-bond donors (Lipinski definition) is 2. The van der Waals surface area contributed by atoms with Crippen molar-refractivity contribution < 1.29 is 14.3 Å². The summed E-state index contributed by atoms with van der Waals surface area (Å²) in [4.78, 5) is 11.7. The predicted molar refractivity (Wildman–Crippen MR) is 66.8 cm³/mol. The summed E-state index contributed by atoms with van der Waals surface area (Å²) in [5.41, 5.74) is 0.643. The van der Waals surface area contributed by atoms with E-state index in [2.05, 4.69) is 5.32 Å². The van der Waals surface area contributed by atoms with Gasteiger partial charge in [-0.25, -0.2) is 4.39 Å². The van der Waals surface area contributed by atoms with E-state index >= 15 is 0 Å². The predicted octanol–water partition coefficient (Wildman–Crippen LogP) is 2.71. The van der Waals surface area contributed by atoms with Gasteiger partial charge in [0.05, 0.1) is 12.1 Å². The quantitative estimate of drug-likeness (QED) is 0.817. The fourth-order valence-corrected chi connectivity index (χ4v) is 1.59. The van der Waals surface area contributed by atoms with E-state index in [1.807, 2.05) is 0 Å². The molecule has 3 nitrogen and oxygen atoms in total. The standard InChI is InChI=1S/C14H12FNO2/c15-11-6-2-1-5-10(11)9-14(18)16-12-7-3-4-8-13(12)17/h1-8,17H,9H2,(H,16,18). The van der Waals surface area contributed by atoms with Crippen LogP contribution in [0.1, 0.15) is 5.56 Å². The van der Waals surface area contributed by atoms with Crippen molar-refractivity contribution in [3.63, 3.8) is 0 Å². The summed E-state index contributed by atoms with van der Waals surface area (Å²) >= 11 is 0. The van der Waals surface area contributed by atoms with Gasteiger partial charge in [-0.2, -0.15) is 0 Å². The molecule has 0 heterocycles. The van der Waals surface area contributed by atoms with Gasteiger partial charge in [0.1, 0.15) is 11.6 Å². The topological polar surface area (TPSA) is 49.3 Å². The van der Waals surface area contributed by atoms with Gasteiger partial charge in [0.2, 0.25) is 5.91 Å². The number of phenolic OH excluding ortho intramolecular Hbond substituents is 1. The first-order valence-corrected chi connectivity index (χ1v) is 5.48. The zero-order valence-electron chi connectivity index (χ0n) is 9.56. The van der Waals surface area contributed by atoms with Crippen LogP contribution in [0.3, 0.4) is 0 Å². The Morgan fingerprint density at radius 3 is 2.50 bits per heavy atom. The number of carbonyl (C=O) groups excluding carboxylic acids is 1. The van der Waals surface area contributed by atoms with Gasteiger partial charge < -0.3 is 10.4 Å². The van der Waals surface area contributed by atoms with Crippen LogP contribution < -0.4 is 5.32 Å². The Balaban J connectivity index is 2.06. The van der Waals surface area contributed by atoms with Crippen LogP contribution in [0.5, 0.6) is 5.75 Å². The minimum Gasteiger partial charge on any atom is -0.506 e. The molecular formula is C14H12FNO2. The van der Waals surface area contributed by atoms with Crippen molar-refractivity contribution in [3.8, 4) is 5.75 Å². The highest BCUT2D eigenvalue weighted by Gasteiger charge is 2.09. The number of carbonyl (C=O) groups is 1. The first-order valence-electron chi connectivity index (χ1n) is 5.48. The molecule has 0 fully saturated rings. The molecule has 0 aliphatic heterocycles. The zero-order valence-corrected chi connectivity index (χ0v) is 9.56. The number of benzene rings is 2. The fourth-order valence-electron chi connectivity index (χ4n) is 1.59. The van der Waals surface area contributed by atoms with Crippen LogP contribution in [0.4, 0.5) is 10.1 Å². The van der Waals surface area contributed by atoms with Crippen molar-refractivity contribution >= 4 is 11.6 Å². The maximum absolute atomic E-state index is 13.3. The fraction of sp³-hybridized carbons (Fsp3) is 0.0714. The summed E-state index contributed by atoms with van der Waals surface area (Å²) in [5.74, 6) is -0.800. The summed E-state index contributed by atoms with van der Waals surface area (Å²) in [6, 6.07) is 12.5. The van der Waals surface area contributed by atoms with E-state index in [9.17, 15) is 14.3 Å². The van der Waals surface area contributed by atoms with E-state index in [-0.39, 0.29) is 18.1 Å². The van der Waals surface area contributed by atoms with Crippen LogP contribution in [0.25, 0.3) is 0 Å². The SMILES string of the molecule is O=C(Cc1ccccc1F)Nc1ccccc1O. The third kappa shape index (κ3) is 2.85. The van der Waals surface area contributed by atoms with Gasteiger partial charge in [-0.05, 0) is 23.8 Å². The van der Waals surface area contributed by atoms with Crippen LogP contribution >= 0.6 is 0 Å². The summed E-state index contributed by atoms with van der Waals surface area (Å²) in [6.07, 6.45) is -0.0684. The Morgan fingerprint density at radius 2 is 1.78 bits per heavy atom. The van der Waals surface area contributed by atoms with Crippen molar-refractivity contribution in [2.24, 2.45) is 0 Å². The van der Waals surface area contributed by atoms with E-state index in [1.54, 1.807) is 36.4 Å². The Kier molecular flexibility index (Phi) is 3.57. The number of halogens is 1. The van der Waals surface area contributed by atoms with Gasteiger partial charge in [-0.1, -0.05) is 30.3 Å². The van der Waals surface area contributed by atoms with Crippen LogP contribution in [-0.4, -0.2) is 11.0 Å². The molecule has 0 aliphatic carbocycles. The second-order valence-electron chi connectivity index (χ2n) is 3.83. The minimum atomic E-state index is -0.412. The van der Waals surface area contributed by atoms with Gasteiger partial charge in [-0.3, -0.25) is 4.79 Å². The molecule has 2 N–H and O–H groups in total. The number of hydrogen-bond acceptors (Lipinski definition) is 2. The monoisotopic (exact) mass is 245 g/mol. The Bertz CT molecular complexity index is 520. The summed E-state index contributed by atoms with van der Waals surface area (Å²) < 4.78 is 13.3. The lowest BCUT2D eigenvalue weighted by Gasteiger charge is -2.07. The van der Waals surface area contributed by atoms with Crippen molar-refractivity contribution in [1.29, 1.82) is 0 Å². The van der Waals surface area contributed by atoms with E-state index in [1.165, 1.54) is 12.1 Å². The number of nitrogens with one attached hydrogen (secondary N) is 1. The van der Waals surface area contributed by atoms with E-state index in [0.717, 1.165) is 0 Å². The Hall–Kier alpha value is -2.36. The highest BCUT2D eigenvalue weighted by molar-refractivity contribution is 5.93. The molecule has 0 bridgehead atoms. The van der Waals surface area contributed by atoms with Crippen LogP contribution in [0.2, 0.25) is 0 Å². The molecule has 0 unspecified atom stereocenters. The van der Waals surface area contributed by atoms with Gasteiger partial charge >= 0.3 is 0 Å². The highest BCUT2D eigenvalue weighted by Crippen LogP contribution is 2.21. The second kappa shape index (κ2) is 5.31. The minimum absolute atomic E-state index is 0.0145. The average Bonchev–Trinajstić information content (AvgIpc) is 2.35. The molecule has 0 aliphatic rings. The molecule has 0 atom stereocenters. The molecular weight excluding hydrogens is 233 g/mol. The molecule has 92 valence electrons. The summed E-state index contributed by atoms with van der Waals surface area (Å²) in [7, 11) is 0. The molecule has 4 heteroatoms. The normalized spacial score (nSPS) is 10.1. The van der Waals surface area contributed by atoms with E-state index < -0.39 is 5.82 Å². The maximum atomic E-state index is 13.3. The van der Waals surface area contributed by atoms with Gasteiger partial charge in [0.15, 0.2) is 0 Å². The van der Waals surface area contributed by atoms with Gasteiger partial charge in [0, 0.05) is 0 Å². The van der Waals surface area contributed by atoms with Crippen molar-refractivity contribution in [2.45, 2.75) is 6.42 Å². The zero-order chi connectivity index (χ0) is 13.0. The van der Waals surface area contributed by atoms with Crippen LogP contribution in [0.15, 0.2) is 48.5 Å². The first kappa shape index (κ1) is 12.1. The molecule has 2 aromatic carbocycles. The Labute approximate surface area is 104 Å². The van der Waals surface area contributed by atoms with Gasteiger partial charge in [0.25, 0.3) is 0 Å². The molecule has 2 aromatic rings. The van der Waals surface area contributed by atoms with E-state index in [4.69, 9.17) is 0 Å². The third-order valence-corrected chi connectivity index (χ3v) is 2.49. The van der Waals surface area contributed by atoms with Crippen LogP contribution in [-0.2, 0) is 11.2 Å². The second-order valence-corrected chi connectivity index (χ2v) is 3.83. The highest BCUT2D eigenvalue weighted by atomic mass is 19.1. The van der Waals surface area contributed by atoms with Crippen molar-refractivity contribution in [1.82, 2.24) is 0 Å². The Morgan fingerprint density at radius 1 is 1.11 bits per heavy atom. The van der Waals surface area contributed by atoms with Crippen molar-refractivity contribution in [3.05, 3.63) is 59.9 Å². The number of phenols is 1. The number of amides is 1.